The third-order valence-corrected chi connectivity index (χ3v) is 6.61. The smallest absolute Gasteiger partial charge is 0.327 e. The third-order valence-electron chi connectivity index (χ3n) is 6.61. The molecule has 0 bridgehead atoms. The summed E-state index contributed by atoms with van der Waals surface area (Å²) in [4.78, 5) is 43.2. The van der Waals surface area contributed by atoms with Crippen LogP contribution in [0.2, 0.25) is 0 Å². The fraction of sp³-hybridized carbons (Fsp3) is 0.571. The first-order valence-electron chi connectivity index (χ1n) is 10.1. The minimum absolute atomic E-state index is 0.137. The molecule has 3 fully saturated rings. The number of hydrogen-bond acceptors (Lipinski definition) is 3. The summed E-state index contributed by atoms with van der Waals surface area (Å²) in [6, 6.07) is 5.67. The quantitative estimate of drug-likeness (QED) is 0.749. The number of nitrogens with zero attached hydrogens (tertiary/aromatic N) is 3. The molecule has 1 spiro atoms. The molecule has 0 aromatic heterocycles. The minimum Gasteiger partial charge on any atom is -0.334 e. The highest BCUT2D eigenvalue weighted by atomic mass is 19.1. The molecule has 2 heterocycles. The van der Waals surface area contributed by atoms with E-state index < -0.39 is 5.54 Å². The van der Waals surface area contributed by atoms with Gasteiger partial charge < -0.3 is 9.80 Å². The summed E-state index contributed by atoms with van der Waals surface area (Å²) < 4.78 is 13.2. The predicted molar refractivity (Wildman–Crippen MR) is 101 cm³/mol. The zero-order chi connectivity index (χ0) is 19.9. The first-order valence-corrected chi connectivity index (χ1v) is 10.1. The third kappa shape index (κ3) is 2.97. The molecule has 28 heavy (non-hydrogen) atoms. The molecule has 6 nitrogen and oxygen atoms in total. The summed E-state index contributed by atoms with van der Waals surface area (Å²) in [5, 5.41) is 0. The van der Waals surface area contributed by atoms with E-state index in [0.29, 0.717) is 19.4 Å². The molecule has 0 N–H and O–H groups in total. The van der Waals surface area contributed by atoms with Gasteiger partial charge in [-0.15, -0.1) is 0 Å². The van der Waals surface area contributed by atoms with Crippen LogP contribution < -0.4 is 0 Å². The van der Waals surface area contributed by atoms with Crippen molar-refractivity contribution < 1.29 is 18.8 Å². The first kappa shape index (κ1) is 18.9. The molecular formula is C21H26FN3O3. The van der Waals surface area contributed by atoms with Crippen molar-refractivity contribution >= 4 is 17.8 Å². The number of imide groups is 1. The highest BCUT2D eigenvalue weighted by molar-refractivity contribution is 6.09. The van der Waals surface area contributed by atoms with Crippen LogP contribution in [0.25, 0.3) is 0 Å². The number of rotatable bonds is 3. The van der Waals surface area contributed by atoms with Crippen molar-refractivity contribution in [3.63, 3.8) is 0 Å². The van der Waals surface area contributed by atoms with Gasteiger partial charge >= 0.3 is 6.03 Å². The molecule has 1 saturated carbocycles. The summed E-state index contributed by atoms with van der Waals surface area (Å²) in [7, 11) is 1.67. The van der Waals surface area contributed by atoms with Crippen LogP contribution in [0.1, 0.15) is 56.6 Å². The number of carbonyl (C=O) groups excluding carboxylic acids is 3. The lowest BCUT2D eigenvalue weighted by atomic mass is 9.81. The van der Waals surface area contributed by atoms with Crippen molar-refractivity contribution in [2.75, 3.05) is 20.1 Å². The van der Waals surface area contributed by atoms with Crippen LogP contribution >= 0.6 is 0 Å². The maximum atomic E-state index is 13.2. The molecular weight excluding hydrogens is 361 g/mol. The van der Waals surface area contributed by atoms with Gasteiger partial charge in [0.25, 0.3) is 5.91 Å². The molecule has 2 aliphatic heterocycles. The monoisotopic (exact) mass is 387 g/mol. The van der Waals surface area contributed by atoms with Crippen molar-refractivity contribution in [2.24, 2.45) is 0 Å². The fourth-order valence-corrected chi connectivity index (χ4v) is 4.99. The standard InChI is InChI=1S/C21H26FN3O3/c1-23-20(28)25(19(27)21(23)11-3-2-4-12-21)14-18(26)24-13-5-6-17(24)15-7-9-16(22)10-8-15/h7-10,17H,2-6,11-14H2,1H3. The van der Waals surface area contributed by atoms with Gasteiger partial charge in [0.05, 0.1) is 6.04 Å². The number of carbonyl (C=O) groups is 3. The summed E-state index contributed by atoms with van der Waals surface area (Å²) in [6.45, 7) is 0.361. The largest absolute Gasteiger partial charge is 0.334 e. The van der Waals surface area contributed by atoms with Crippen molar-refractivity contribution in [1.29, 1.82) is 0 Å². The van der Waals surface area contributed by atoms with Gasteiger partial charge in [-0.2, -0.15) is 0 Å². The van der Waals surface area contributed by atoms with Crippen LogP contribution in [0, 0.1) is 5.82 Å². The Hall–Kier alpha value is -2.44. The Kier molecular flexibility index (Phi) is 4.85. The van der Waals surface area contributed by atoms with Gasteiger partial charge in [0.2, 0.25) is 5.91 Å². The summed E-state index contributed by atoms with van der Waals surface area (Å²) in [5.74, 6) is -0.769. The second-order valence-corrected chi connectivity index (χ2v) is 8.12. The van der Waals surface area contributed by atoms with Gasteiger partial charge in [-0.05, 0) is 43.4 Å². The fourth-order valence-electron chi connectivity index (χ4n) is 4.99. The maximum Gasteiger partial charge on any atom is 0.327 e. The lowest BCUT2D eigenvalue weighted by molar-refractivity contribution is -0.140. The van der Waals surface area contributed by atoms with Gasteiger partial charge in [0.1, 0.15) is 17.9 Å². The zero-order valence-corrected chi connectivity index (χ0v) is 16.2. The lowest BCUT2D eigenvalue weighted by Crippen LogP contribution is -2.49. The number of urea groups is 1. The molecule has 150 valence electrons. The summed E-state index contributed by atoms with van der Waals surface area (Å²) >= 11 is 0. The van der Waals surface area contributed by atoms with Crippen molar-refractivity contribution in [3.8, 4) is 0 Å². The molecule has 2 saturated heterocycles. The van der Waals surface area contributed by atoms with Crippen molar-refractivity contribution in [2.45, 2.75) is 56.5 Å². The van der Waals surface area contributed by atoms with E-state index in [4.69, 9.17) is 0 Å². The number of hydrogen-bond donors (Lipinski definition) is 0. The molecule has 4 amide bonds. The number of benzene rings is 1. The van der Waals surface area contributed by atoms with Gasteiger partial charge in [0, 0.05) is 13.6 Å². The van der Waals surface area contributed by atoms with Crippen LogP contribution in [0.4, 0.5) is 9.18 Å². The van der Waals surface area contributed by atoms with Crippen LogP contribution in [0.15, 0.2) is 24.3 Å². The van der Waals surface area contributed by atoms with Crippen molar-refractivity contribution in [3.05, 3.63) is 35.6 Å². The number of likely N-dealkylation sites (tertiary alicyclic amines) is 1. The molecule has 0 radical (unpaired) electrons. The molecule has 3 aliphatic rings. The highest BCUT2D eigenvalue weighted by Crippen LogP contribution is 2.40. The first-order chi connectivity index (χ1) is 13.4. The molecule has 7 heteroatoms. The summed E-state index contributed by atoms with van der Waals surface area (Å²) in [5.41, 5.74) is 0.115. The van der Waals surface area contributed by atoms with Gasteiger partial charge in [0.15, 0.2) is 0 Å². The average molecular weight is 387 g/mol. The second-order valence-electron chi connectivity index (χ2n) is 8.12. The molecule has 1 aliphatic carbocycles. The topological polar surface area (TPSA) is 60.9 Å². The van der Waals surface area contributed by atoms with Gasteiger partial charge in [-0.25, -0.2) is 9.18 Å². The number of halogens is 1. The second kappa shape index (κ2) is 7.18. The Morgan fingerprint density at radius 1 is 1.11 bits per heavy atom. The molecule has 1 aromatic carbocycles. The Morgan fingerprint density at radius 2 is 1.79 bits per heavy atom. The predicted octanol–water partition coefficient (Wildman–Crippen LogP) is 3.09. The van der Waals surface area contributed by atoms with Crippen molar-refractivity contribution in [1.82, 2.24) is 14.7 Å². The van der Waals surface area contributed by atoms with Crippen LogP contribution in [0.3, 0.4) is 0 Å². The van der Waals surface area contributed by atoms with E-state index in [1.54, 1.807) is 29.0 Å². The van der Waals surface area contributed by atoms with E-state index in [-0.39, 0.29) is 36.2 Å². The molecule has 1 aromatic rings. The van der Waals surface area contributed by atoms with E-state index in [1.807, 2.05) is 0 Å². The van der Waals surface area contributed by atoms with E-state index in [9.17, 15) is 18.8 Å². The van der Waals surface area contributed by atoms with Gasteiger partial charge in [-0.3, -0.25) is 14.5 Å². The Bertz CT molecular complexity index is 789. The Labute approximate surface area is 164 Å². The van der Waals surface area contributed by atoms with Crippen LogP contribution in [-0.4, -0.2) is 58.2 Å². The maximum absolute atomic E-state index is 13.2. The average Bonchev–Trinajstić information content (AvgIpc) is 3.26. The summed E-state index contributed by atoms with van der Waals surface area (Å²) in [6.07, 6.45) is 5.89. The van der Waals surface area contributed by atoms with E-state index >= 15 is 0 Å². The molecule has 1 atom stereocenters. The van der Waals surface area contributed by atoms with E-state index in [0.717, 1.165) is 42.6 Å². The highest BCUT2D eigenvalue weighted by Gasteiger charge is 2.56. The van der Waals surface area contributed by atoms with Crippen LogP contribution in [-0.2, 0) is 9.59 Å². The SMILES string of the molecule is CN1C(=O)N(CC(=O)N2CCCC2c2ccc(F)cc2)C(=O)C12CCCCC2. The Balaban J connectivity index is 1.50. The Morgan fingerprint density at radius 3 is 2.46 bits per heavy atom. The normalized spacial score (nSPS) is 24.5. The lowest BCUT2D eigenvalue weighted by Gasteiger charge is -2.35. The zero-order valence-electron chi connectivity index (χ0n) is 16.2. The van der Waals surface area contributed by atoms with Crippen LogP contribution in [0.5, 0.6) is 0 Å². The number of amides is 4. The van der Waals surface area contributed by atoms with Gasteiger partial charge in [-0.1, -0.05) is 31.4 Å². The van der Waals surface area contributed by atoms with E-state index in [2.05, 4.69) is 0 Å². The number of likely N-dealkylation sites (N-methyl/N-ethyl adjacent to an activating group) is 1. The molecule has 4 rings (SSSR count). The van der Waals surface area contributed by atoms with E-state index in [1.165, 1.54) is 12.1 Å². The minimum atomic E-state index is -0.767. The molecule has 1 unspecified atom stereocenters.